The van der Waals surface area contributed by atoms with Gasteiger partial charge < -0.3 is 5.32 Å². The lowest BCUT2D eigenvalue weighted by Gasteiger charge is -2.28. The summed E-state index contributed by atoms with van der Waals surface area (Å²) in [6, 6.07) is 0.332. The molecule has 2 unspecified atom stereocenters. The van der Waals surface area contributed by atoms with Crippen molar-refractivity contribution >= 4 is 10.0 Å². The maximum absolute atomic E-state index is 11.8. The van der Waals surface area contributed by atoms with Gasteiger partial charge in [0.15, 0.2) is 0 Å². The lowest BCUT2D eigenvalue weighted by atomic mass is 9.81. The van der Waals surface area contributed by atoms with Gasteiger partial charge in [-0.25, -0.2) is 13.1 Å². The first kappa shape index (κ1) is 15.9. The molecule has 2 atom stereocenters. The summed E-state index contributed by atoms with van der Waals surface area (Å²) in [7, 11) is -3.11. The largest absolute Gasteiger partial charge is 0.313 e. The van der Waals surface area contributed by atoms with Crippen molar-refractivity contribution < 1.29 is 8.42 Å². The van der Waals surface area contributed by atoms with E-state index in [1.807, 2.05) is 13.8 Å². The van der Waals surface area contributed by atoms with Crippen LogP contribution in [0.2, 0.25) is 0 Å². The van der Waals surface area contributed by atoms with Crippen LogP contribution in [0.3, 0.4) is 0 Å². The zero-order valence-electron chi connectivity index (χ0n) is 11.9. The van der Waals surface area contributed by atoms with Gasteiger partial charge in [0.25, 0.3) is 0 Å². The van der Waals surface area contributed by atoms with E-state index in [0.717, 1.165) is 6.42 Å². The van der Waals surface area contributed by atoms with Crippen LogP contribution in [0.1, 0.15) is 46.5 Å². The van der Waals surface area contributed by atoms with Gasteiger partial charge in [-0.2, -0.15) is 0 Å². The molecular weight excluding hydrogens is 248 g/mol. The number of rotatable bonds is 7. The Morgan fingerprint density at radius 2 is 1.89 bits per heavy atom. The highest BCUT2D eigenvalue weighted by atomic mass is 32.2. The van der Waals surface area contributed by atoms with Gasteiger partial charge in [0.1, 0.15) is 0 Å². The first-order chi connectivity index (χ1) is 8.41. The van der Waals surface area contributed by atoms with E-state index in [0.29, 0.717) is 31.0 Å². The summed E-state index contributed by atoms with van der Waals surface area (Å²) in [5.74, 6) is 1.34. The lowest BCUT2D eigenvalue weighted by Crippen LogP contribution is -2.38. The molecule has 1 saturated carbocycles. The number of hydrogen-bond donors (Lipinski definition) is 2. The standard InChI is InChI=1S/C13H28N2O2S/c1-11(2)14-8-9-18(16,17)15-10-13-7-5-4-6-12(13)3/h11-15H,4-10H2,1-3H3. The Bertz CT molecular complexity index is 328. The van der Waals surface area contributed by atoms with Gasteiger partial charge in [0, 0.05) is 19.1 Å². The second-order valence-corrected chi connectivity index (χ2v) is 7.72. The zero-order valence-corrected chi connectivity index (χ0v) is 12.7. The Labute approximate surface area is 112 Å². The van der Waals surface area contributed by atoms with Crippen LogP contribution in [0.25, 0.3) is 0 Å². The Hall–Kier alpha value is -0.130. The van der Waals surface area contributed by atoms with Gasteiger partial charge in [-0.3, -0.25) is 0 Å². The van der Waals surface area contributed by atoms with E-state index in [1.165, 1.54) is 19.3 Å². The highest BCUT2D eigenvalue weighted by Crippen LogP contribution is 2.28. The molecule has 108 valence electrons. The molecule has 0 radical (unpaired) electrons. The predicted molar refractivity (Wildman–Crippen MR) is 76.1 cm³/mol. The topological polar surface area (TPSA) is 58.2 Å². The molecule has 0 aromatic heterocycles. The molecule has 2 N–H and O–H groups in total. The molecule has 0 aliphatic heterocycles. The van der Waals surface area contributed by atoms with Crippen molar-refractivity contribution in [2.45, 2.75) is 52.5 Å². The van der Waals surface area contributed by atoms with Crippen molar-refractivity contribution in [1.82, 2.24) is 10.0 Å². The molecule has 18 heavy (non-hydrogen) atoms. The van der Waals surface area contributed by atoms with Crippen molar-refractivity contribution in [2.75, 3.05) is 18.8 Å². The SMILES string of the molecule is CC(C)NCCS(=O)(=O)NCC1CCCCC1C. The normalized spacial score (nSPS) is 25.6. The summed E-state index contributed by atoms with van der Waals surface area (Å²) in [4.78, 5) is 0. The van der Waals surface area contributed by atoms with Crippen LogP contribution < -0.4 is 10.0 Å². The first-order valence-corrected chi connectivity index (χ1v) is 8.76. The second-order valence-electron chi connectivity index (χ2n) is 5.80. The number of hydrogen-bond acceptors (Lipinski definition) is 3. The molecule has 0 bridgehead atoms. The third kappa shape index (κ3) is 6.16. The molecule has 0 heterocycles. The van der Waals surface area contributed by atoms with Crippen molar-refractivity contribution in [3.63, 3.8) is 0 Å². The van der Waals surface area contributed by atoms with E-state index in [9.17, 15) is 8.42 Å². The zero-order chi connectivity index (χ0) is 13.6. The maximum atomic E-state index is 11.8. The Morgan fingerprint density at radius 3 is 2.50 bits per heavy atom. The monoisotopic (exact) mass is 276 g/mol. The molecule has 1 aliphatic carbocycles. The molecule has 5 heteroatoms. The van der Waals surface area contributed by atoms with Gasteiger partial charge in [0.2, 0.25) is 10.0 Å². The third-order valence-corrected chi connectivity index (χ3v) is 5.13. The van der Waals surface area contributed by atoms with E-state index >= 15 is 0 Å². The van der Waals surface area contributed by atoms with Gasteiger partial charge in [-0.1, -0.05) is 40.0 Å². The molecular formula is C13H28N2O2S. The van der Waals surface area contributed by atoms with E-state index in [-0.39, 0.29) is 5.75 Å². The summed E-state index contributed by atoms with van der Waals surface area (Å²) in [5, 5.41) is 3.13. The van der Waals surface area contributed by atoms with Gasteiger partial charge in [0.05, 0.1) is 5.75 Å². The minimum atomic E-state index is -3.11. The van der Waals surface area contributed by atoms with Crippen LogP contribution >= 0.6 is 0 Å². The Balaban J connectivity index is 2.27. The molecule has 0 aromatic rings. The fourth-order valence-corrected chi connectivity index (χ4v) is 3.48. The van der Waals surface area contributed by atoms with Crippen LogP contribution in [0.5, 0.6) is 0 Å². The van der Waals surface area contributed by atoms with Crippen molar-refractivity contribution in [3.05, 3.63) is 0 Å². The smallest absolute Gasteiger partial charge is 0.212 e. The van der Waals surface area contributed by atoms with Gasteiger partial charge in [-0.15, -0.1) is 0 Å². The molecule has 0 saturated heterocycles. The summed E-state index contributed by atoms with van der Waals surface area (Å²) < 4.78 is 26.4. The summed E-state index contributed by atoms with van der Waals surface area (Å²) >= 11 is 0. The van der Waals surface area contributed by atoms with Crippen molar-refractivity contribution in [2.24, 2.45) is 11.8 Å². The summed E-state index contributed by atoms with van der Waals surface area (Å²) in [6.07, 6.45) is 4.93. The maximum Gasteiger partial charge on any atom is 0.212 e. The highest BCUT2D eigenvalue weighted by Gasteiger charge is 2.22. The van der Waals surface area contributed by atoms with E-state index in [1.54, 1.807) is 0 Å². The number of sulfonamides is 1. The van der Waals surface area contributed by atoms with Crippen LogP contribution in [-0.4, -0.2) is 33.3 Å². The van der Waals surface area contributed by atoms with E-state index in [4.69, 9.17) is 0 Å². The summed E-state index contributed by atoms with van der Waals surface area (Å²) in [6.45, 7) is 7.41. The Morgan fingerprint density at radius 1 is 1.22 bits per heavy atom. The van der Waals surface area contributed by atoms with Crippen molar-refractivity contribution in [1.29, 1.82) is 0 Å². The lowest BCUT2D eigenvalue weighted by molar-refractivity contribution is 0.257. The second kappa shape index (κ2) is 7.46. The average molecular weight is 276 g/mol. The third-order valence-electron chi connectivity index (χ3n) is 3.78. The number of nitrogens with one attached hydrogen (secondary N) is 2. The first-order valence-electron chi connectivity index (χ1n) is 7.11. The average Bonchev–Trinajstić information content (AvgIpc) is 2.27. The molecule has 0 spiro atoms. The molecule has 1 fully saturated rings. The fraction of sp³-hybridized carbons (Fsp3) is 1.00. The van der Waals surface area contributed by atoms with Crippen LogP contribution in [0.4, 0.5) is 0 Å². The van der Waals surface area contributed by atoms with Gasteiger partial charge in [-0.05, 0) is 18.3 Å². The predicted octanol–water partition coefficient (Wildman–Crippen LogP) is 1.73. The summed E-state index contributed by atoms with van der Waals surface area (Å²) in [5.41, 5.74) is 0. The van der Waals surface area contributed by atoms with E-state index in [2.05, 4.69) is 17.0 Å². The van der Waals surface area contributed by atoms with E-state index < -0.39 is 10.0 Å². The quantitative estimate of drug-likeness (QED) is 0.744. The minimum Gasteiger partial charge on any atom is -0.313 e. The molecule has 1 rings (SSSR count). The molecule has 0 aromatic carbocycles. The Kier molecular flexibility index (Phi) is 6.60. The highest BCUT2D eigenvalue weighted by molar-refractivity contribution is 7.89. The van der Waals surface area contributed by atoms with Crippen LogP contribution in [0, 0.1) is 11.8 Å². The fourth-order valence-electron chi connectivity index (χ4n) is 2.48. The molecule has 4 nitrogen and oxygen atoms in total. The minimum absolute atomic E-state index is 0.173. The van der Waals surface area contributed by atoms with Gasteiger partial charge >= 0.3 is 0 Å². The van der Waals surface area contributed by atoms with Crippen LogP contribution in [-0.2, 0) is 10.0 Å². The molecule has 1 aliphatic rings. The van der Waals surface area contributed by atoms with Crippen molar-refractivity contribution in [3.8, 4) is 0 Å². The molecule has 0 amide bonds. The van der Waals surface area contributed by atoms with Crippen LogP contribution in [0.15, 0.2) is 0 Å².